The summed E-state index contributed by atoms with van der Waals surface area (Å²) in [6.45, 7) is 4.91. The summed E-state index contributed by atoms with van der Waals surface area (Å²) in [5.41, 5.74) is 2.80. The van der Waals surface area contributed by atoms with Gasteiger partial charge >= 0.3 is 0 Å². The summed E-state index contributed by atoms with van der Waals surface area (Å²) in [6, 6.07) is 15.5. The Kier molecular flexibility index (Phi) is 7.85. The summed E-state index contributed by atoms with van der Waals surface area (Å²) in [4.78, 5) is 26.1. The lowest BCUT2D eigenvalue weighted by Crippen LogP contribution is -2.48. The van der Waals surface area contributed by atoms with Gasteiger partial charge in [0.05, 0.1) is 37.3 Å². The van der Waals surface area contributed by atoms with Crippen molar-refractivity contribution >= 4 is 32.5 Å². The number of amides is 1. The Bertz CT molecular complexity index is 1650. The average Bonchev–Trinajstić information content (AvgIpc) is 2.98. The Morgan fingerprint density at radius 3 is 2.48 bits per heavy atom. The van der Waals surface area contributed by atoms with Gasteiger partial charge in [-0.3, -0.25) is 24.4 Å². The van der Waals surface area contributed by atoms with Gasteiger partial charge in [-0.1, -0.05) is 18.2 Å². The zero-order valence-corrected chi connectivity index (χ0v) is 23.4. The van der Waals surface area contributed by atoms with E-state index in [1.165, 1.54) is 6.07 Å². The van der Waals surface area contributed by atoms with E-state index in [1.54, 1.807) is 63.9 Å². The minimum Gasteiger partial charge on any atom is -0.495 e. The van der Waals surface area contributed by atoms with E-state index in [1.807, 2.05) is 23.1 Å². The van der Waals surface area contributed by atoms with Crippen molar-refractivity contribution in [2.45, 2.75) is 18.4 Å². The number of sulfonamides is 1. The first-order valence-electron chi connectivity index (χ1n) is 12.8. The van der Waals surface area contributed by atoms with Crippen LogP contribution in [0.5, 0.6) is 11.5 Å². The standard InChI is InChI=1S/C29H31N5O5S/c1-20-16-22(9-10-24(20)32-40(36,37)27-8-4-6-21-7-5-11-30-28(21)27)29(35)34-14-12-33(13-15-34)19-25-26(39-3)17-23(38-2)18-31-25/h4-11,16-18,32H,12-15,19H2,1-3H3. The molecule has 1 aliphatic heterocycles. The van der Waals surface area contributed by atoms with Gasteiger partial charge < -0.3 is 14.4 Å². The Morgan fingerprint density at radius 1 is 0.975 bits per heavy atom. The van der Waals surface area contributed by atoms with Crippen molar-refractivity contribution in [3.05, 3.63) is 83.8 Å². The number of anilines is 1. The summed E-state index contributed by atoms with van der Waals surface area (Å²) < 4.78 is 39.8. The van der Waals surface area contributed by atoms with Crippen molar-refractivity contribution < 1.29 is 22.7 Å². The highest BCUT2D eigenvalue weighted by molar-refractivity contribution is 7.93. The molecule has 1 amide bonds. The third-order valence-corrected chi connectivity index (χ3v) is 8.39. The lowest BCUT2D eigenvalue weighted by molar-refractivity contribution is 0.0625. The molecule has 1 saturated heterocycles. The molecule has 10 nitrogen and oxygen atoms in total. The fourth-order valence-corrected chi connectivity index (χ4v) is 6.08. The number of methoxy groups -OCH3 is 2. The van der Waals surface area contributed by atoms with E-state index in [-0.39, 0.29) is 10.8 Å². The van der Waals surface area contributed by atoms with Crippen molar-refractivity contribution in [1.29, 1.82) is 0 Å². The van der Waals surface area contributed by atoms with Crippen LogP contribution in [0.4, 0.5) is 5.69 Å². The quantitative estimate of drug-likeness (QED) is 0.346. The molecule has 40 heavy (non-hydrogen) atoms. The number of hydrogen-bond donors (Lipinski definition) is 1. The van der Waals surface area contributed by atoms with Gasteiger partial charge in [-0.25, -0.2) is 8.42 Å². The van der Waals surface area contributed by atoms with Gasteiger partial charge in [-0.2, -0.15) is 0 Å². The van der Waals surface area contributed by atoms with Crippen molar-refractivity contribution in [2.75, 3.05) is 45.1 Å². The number of para-hydroxylation sites is 1. The molecule has 1 aliphatic rings. The molecule has 0 aliphatic carbocycles. The van der Waals surface area contributed by atoms with E-state index >= 15 is 0 Å². The number of rotatable bonds is 8. The molecular weight excluding hydrogens is 530 g/mol. The van der Waals surface area contributed by atoms with Gasteiger partial charge in [-0.05, 0) is 42.8 Å². The number of carbonyl (C=O) groups excluding carboxylic acids is 1. The normalized spacial score (nSPS) is 14.2. The number of pyridine rings is 2. The molecule has 0 atom stereocenters. The number of fused-ring (bicyclic) bond motifs is 1. The maximum absolute atomic E-state index is 13.3. The lowest BCUT2D eigenvalue weighted by atomic mass is 10.1. The first-order valence-corrected chi connectivity index (χ1v) is 14.3. The van der Waals surface area contributed by atoms with Crippen LogP contribution < -0.4 is 14.2 Å². The second-order valence-electron chi connectivity index (χ2n) is 9.56. The van der Waals surface area contributed by atoms with E-state index in [0.29, 0.717) is 66.6 Å². The van der Waals surface area contributed by atoms with Gasteiger partial charge in [0.1, 0.15) is 16.4 Å². The highest BCUT2D eigenvalue weighted by Crippen LogP contribution is 2.27. The van der Waals surface area contributed by atoms with E-state index < -0.39 is 10.0 Å². The predicted octanol–water partition coefficient (Wildman–Crippen LogP) is 3.71. The number of benzene rings is 2. The zero-order chi connectivity index (χ0) is 28.3. The summed E-state index contributed by atoms with van der Waals surface area (Å²) in [7, 11) is -0.698. The second kappa shape index (κ2) is 11.5. The molecule has 4 aromatic rings. The Balaban J connectivity index is 1.23. The number of hydrogen-bond acceptors (Lipinski definition) is 8. The minimum absolute atomic E-state index is 0.0874. The molecule has 1 fully saturated rings. The molecule has 11 heteroatoms. The Labute approximate surface area is 233 Å². The third kappa shape index (κ3) is 5.70. The van der Waals surface area contributed by atoms with Gasteiger partial charge in [0.2, 0.25) is 0 Å². The molecule has 0 unspecified atom stereocenters. The number of aryl methyl sites for hydroxylation is 1. The van der Waals surface area contributed by atoms with Gasteiger partial charge in [0, 0.05) is 55.9 Å². The van der Waals surface area contributed by atoms with Gasteiger partial charge in [0.15, 0.2) is 0 Å². The smallest absolute Gasteiger partial charge is 0.264 e. The van der Waals surface area contributed by atoms with Crippen LogP contribution in [-0.2, 0) is 16.6 Å². The van der Waals surface area contributed by atoms with Crippen LogP contribution in [0.3, 0.4) is 0 Å². The monoisotopic (exact) mass is 561 g/mol. The van der Waals surface area contributed by atoms with Crippen LogP contribution in [0, 0.1) is 6.92 Å². The number of nitrogens with one attached hydrogen (secondary N) is 1. The Hall–Kier alpha value is -4.22. The van der Waals surface area contributed by atoms with E-state index in [0.717, 1.165) is 11.1 Å². The van der Waals surface area contributed by atoms with Gasteiger partial charge in [0.25, 0.3) is 15.9 Å². The molecule has 0 radical (unpaired) electrons. The average molecular weight is 562 g/mol. The van der Waals surface area contributed by atoms with Crippen LogP contribution in [0.15, 0.2) is 71.9 Å². The summed E-state index contributed by atoms with van der Waals surface area (Å²) >= 11 is 0. The summed E-state index contributed by atoms with van der Waals surface area (Å²) in [5.74, 6) is 1.21. The van der Waals surface area contributed by atoms with Crippen LogP contribution in [-0.4, -0.2) is 74.5 Å². The molecule has 5 rings (SSSR count). The fourth-order valence-electron chi connectivity index (χ4n) is 4.77. The van der Waals surface area contributed by atoms with Crippen LogP contribution in [0.2, 0.25) is 0 Å². The first-order chi connectivity index (χ1) is 19.3. The molecule has 3 heterocycles. The highest BCUT2D eigenvalue weighted by atomic mass is 32.2. The maximum atomic E-state index is 13.3. The Morgan fingerprint density at radius 2 is 1.75 bits per heavy atom. The summed E-state index contributed by atoms with van der Waals surface area (Å²) in [5, 5.41) is 0.738. The second-order valence-corrected chi connectivity index (χ2v) is 11.2. The number of aromatic nitrogens is 2. The third-order valence-electron chi connectivity index (χ3n) is 7.00. The molecule has 0 spiro atoms. The van der Waals surface area contributed by atoms with E-state index in [9.17, 15) is 13.2 Å². The zero-order valence-electron chi connectivity index (χ0n) is 22.6. The largest absolute Gasteiger partial charge is 0.495 e. The number of ether oxygens (including phenoxy) is 2. The van der Waals surface area contributed by atoms with E-state index in [2.05, 4.69) is 19.6 Å². The molecule has 2 aromatic carbocycles. The molecule has 0 saturated carbocycles. The summed E-state index contributed by atoms with van der Waals surface area (Å²) in [6.07, 6.45) is 3.24. The molecule has 2 aromatic heterocycles. The van der Waals surface area contributed by atoms with Crippen molar-refractivity contribution in [3.8, 4) is 11.5 Å². The predicted molar refractivity (Wildman–Crippen MR) is 152 cm³/mol. The van der Waals surface area contributed by atoms with Crippen molar-refractivity contribution in [2.24, 2.45) is 0 Å². The van der Waals surface area contributed by atoms with Crippen LogP contribution in [0.25, 0.3) is 10.9 Å². The van der Waals surface area contributed by atoms with Crippen molar-refractivity contribution in [1.82, 2.24) is 19.8 Å². The number of carbonyl (C=O) groups is 1. The molecule has 0 bridgehead atoms. The van der Waals surface area contributed by atoms with Crippen LogP contribution in [0.1, 0.15) is 21.6 Å². The lowest BCUT2D eigenvalue weighted by Gasteiger charge is -2.34. The van der Waals surface area contributed by atoms with Gasteiger partial charge in [-0.15, -0.1) is 0 Å². The van der Waals surface area contributed by atoms with E-state index in [4.69, 9.17) is 9.47 Å². The SMILES string of the molecule is COc1cnc(CN2CCN(C(=O)c3ccc(NS(=O)(=O)c4cccc5cccnc45)c(C)c3)CC2)c(OC)c1. The molecule has 208 valence electrons. The van der Waals surface area contributed by atoms with Crippen molar-refractivity contribution in [3.63, 3.8) is 0 Å². The fraction of sp³-hybridized carbons (Fsp3) is 0.276. The topological polar surface area (TPSA) is 114 Å². The molecule has 1 N–H and O–H groups in total. The molecular formula is C29H31N5O5S. The maximum Gasteiger partial charge on any atom is 0.264 e. The highest BCUT2D eigenvalue weighted by Gasteiger charge is 2.25. The number of piperazine rings is 1. The number of nitrogens with zero attached hydrogens (tertiary/aromatic N) is 4. The minimum atomic E-state index is -3.89. The van der Waals surface area contributed by atoms with Crippen LogP contribution >= 0.6 is 0 Å². The first kappa shape index (κ1) is 27.4.